The molecule has 1 aromatic heterocycles. The van der Waals surface area contributed by atoms with Crippen LogP contribution in [0.5, 0.6) is 5.75 Å². The molecule has 2 aromatic rings. The normalized spacial score (nSPS) is 10.3. The second-order valence-corrected chi connectivity index (χ2v) is 4.78. The molecule has 0 radical (unpaired) electrons. The SMILES string of the molecule is CCCOc1cncc(C(=O)Cc2ccccc2C)c1. The van der Waals surface area contributed by atoms with E-state index in [1.165, 1.54) is 0 Å². The molecule has 0 spiro atoms. The molecule has 1 heterocycles. The predicted octanol–water partition coefficient (Wildman–Crippen LogP) is 3.60. The Labute approximate surface area is 119 Å². The number of ether oxygens (including phenoxy) is 1. The molecule has 0 aliphatic rings. The Bertz CT molecular complexity index is 593. The highest BCUT2D eigenvalue weighted by molar-refractivity contribution is 5.97. The van der Waals surface area contributed by atoms with Gasteiger partial charge in [-0.3, -0.25) is 9.78 Å². The van der Waals surface area contributed by atoms with E-state index in [0.29, 0.717) is 24.3 Å². The van der Waals surface area contributed by atoms with Crippen LogP contribution >= 0.6 is 0 Å². The molecule has 0 atom stereocenters. The number of aromatic nitrogens is 1. The van der Waals surface area contributed by atoms with Gasteiger partial charge in [-0.15, -0.1) is 0 Å². The van der Waals surface area contributed by atoms with Crippen LogP contribution in [0.4, 0.5) is 0 Å². The number of hydrogen-bond donors (Lipinski definition) is 0. The fraction of sp³-hybridized carbons (Fsp3) is 0.294. The van der Waals surface area contributed by atoms with Gasteiger partial charge in [-0.05, 0) is 30.5 Å². The number of ketones is 1. The van der Waals surface area contributed by atoms with Crippen molar-refractivity contribution in [3.63, 3.8) is 0 Å². The molecule has 0 saturated heterocycles. The minimum Gasteiger partial charge on any atom is -0.492 e. The molecular weight excluding hydrogens is 250 g/mol. The maximum absolute atomic E-state index is 12.3. The van der Waals surface area contributed by atoms with Gasteiger partial charge in [-0.2, -0.15) is 0 Å². The molecule has 0 bridgehead atoms. The molecule has 3 nitrogen and oxygen atoms in total. The van der Waals surface area contributed by atoms with Gasteiger partial charge in [0.15, 0.2) is 5.78 Å². The quantitative estimate of drug-likeness (QED) is 0.752. The highest BCUT2D eigenvalue weighted by Gasteiger charge is 2.10. The van der Waals surface area contributed by atoms with Gasteiger partial charge in [0.1, 0.15) is 5.75 Å². The summed E-state index contributed by atoms with van der Waals surface area (Å²) < 4.78 is 5.51. The van der Waals surface area contributed by atoms with Crippen LogP contribution in [0.2, 0.25) is 0 Å². The van der Waals surface area contributed by atoms with Crippen LogP contribution in [0.1, 0.15) is 34.8 Å². The van der Waals surface area contributed by atoms with Gasteiger partial charge < -0.3 is 4.74 Å². The number of carbonyl (C=O) groups excluding carboxylic acids is 1. The Morgan fingerprint density at radius 3 is 2.80 bits per heavy atom. The average molecular weight is 269 g/mol. The maximum Gasteiger partial charge on any atom is 0.168 e. The topological polar surface area (TPSA) is 39.2 Å². The fourth-order valence-corrected chi connectivity index (χ4v) is 1.95. The second-order valence-electron chi connectivity index (χ2n) is 4.78. The van der Waals surface area contributed by atoms with Crippen molar-refractivity contribution < 1.29 is 9.53 Å². The summed E-state index contributed by atoms with van der Waals surface area (Å²) in [6.45, 7) is 4.69. The number of pyridine rings is 1. The van der Waals surface area contributed by atoms with Crippen molar-refractivity contribution in [2.45, 2.75) is 26.7 Å². The van der Waals surface area contributed by atoms with E-state index in [1.807, 2.05) is 38.1 Å². The van der Waals surface area contributed by atoms with Gasteiger partial charge in [0, 0.05) is 18.2 Å². The minimum absolute atomic E-state index is 0.0637. The van der Waals surface area contributed by atoms with Crippen LogP contribution in [-0.2, 0) is 6.42 Å². The summed E-state index contributed by atoms with van der Waals surface area (Å²) in [6.07, 6.45) is 4.56. The number of rotatable bonds is 6. The van der Waals surface area contributed by atoms with Gasteiger partial charge in [0.05, 0.1) is 12.8 Å². The van der Waals surface area contributed by atoms with Gasteiger partial charge in [0.2, 0.25) is 0 Å². The summed E-state index contributed by atoms with van der Waals surface area (Å²) in [5.74, 6) is 0.719. The van der Waals surface area contributed by atoms with E-state index < -0.39 is 0 Å². The lowest BCUT2D eigenvalue weighted by molar-refractivity contribution is 0.0992. The Hall–Kier alpha value is -2.16. The minimum atomic E-state index is 0.0637. The third-order valence-electron chi connectivity index (χ3n) is 3.12. The van der Waals surface area contributed by atoms with Crippen molar-refractivity contribution in [2.75, 3.05) is 6.61 Å². The number of hydrogen-bond acceptors (Lipinski definition) is 3. The molecule has 0 aliphatic heterocycles. The second kappa shape index (κ2) is 6.85. The highest BCUT2D eigenvalue weighted by Crippen LogP contribution is 2.15. The molecule has 2 rings (SSSR count). The Balaban J connectivity index is 2.11. The zero-order valence-corrected chi connectivity index (χ0v) is 11.9. The fourth-order valence-electron chi connectivity index (χ4n) is 1.95. The van der Waals surface area contributed by atoms with Crippen molar-refractivity contribution in [1.82, 2.24) is 4.98 Å². The smallest absolute Gasteiger partial charge is 0.168 e. The van der Waals surface area contributed by atoms with E-state index in [1.54, 1.807) is 18.5 Å². The van der Waals surface area contributed by atoms with Crippen LogP contribution in [-0.4, -0.2) is 17.4 Å². The zero-order chi connectivity index (χ0) is 14.4. The average Bonchev–Trinajstić information content (AvgIpc) is 2.48. The summed E-state index contributed by atoms with van der Waals surface area (Å²) in [5.41, 5.74) is 2.78. The van der Waals surface area contributed by atoms with Crippen LogP contribution in [0, 0.1) is 6.92 Å². The standard InChI is InChI=1S/C17H19NO2/c1-3-8-20-16-9-15(11-18-12-16)17(19)10-14-7-5-4-6-13(14)2/h4-7,9,11-12H,3,8,10H2,1-2H3. The largest absolute Gasteiger partial charge is 0.492 e. The van der Waals surface area contributed by atoms with E-state index >= 15 is 0 Å². The summed E-state index contributed by atoms with van der Waals surface area (Å²) >= 11 is 0. The monoisotopic (exact) mass is 269 g/mol. The first kappa shape index (κ1) is 14.3. The number of aryl methyl sites for hydroxylation is 1. The molecular formula is C17H19NO2. The van der Waals surface area contributed by atoms with Crippen molar-refractivity contribution in [3.05, 3.63) is 59.4 Å². The lowest BCUT2D eigenvalue weighted by Gasteiger charge is -2.07. The molecule has 0 saturated carbocycles. The molecule has 0 unspecified atom stereocenters. The first-order chi connectivity index (χ1) is 9.70. The third-order valence-corrected chi connectivity index (χ3v) is 3.12. The first-order valence-electron chi connectivity index (χ1n) is 6.86. The van der Waals surface area contributed by atoms with Crippen LogP contribution in [0.3, 0.4) is 0 Å². The van der Waals surface area contributed by atoms with Gasteiger partial charge in [-0.1, -0.05) is 31.2 Å². The molecule has 0 aliphatic carbocycles. The van der Waals surface area contributed by atoms with E-state index in [2.05, 4.69) is 4.98 Å². The predicted molar refractivity (Wildman–Crippen MR) is 79.2 cm³/mol. The lowest BCUT2D eigenvalue weighted by Crippen LogP contribution is -2.06. The van der Waals surface area contributed by atoms with E-state index in [0.717, 1.165) is 17.5 Å². The first-order valence-corrected chi connectivity index (χ1v) is 6.86. The van der Waals surface area contributed by atoms with Crippen LogP contribution in [0.25, 0.3) is 0 Å². The molecule has 104 valence electrons. The number of nitrogens with zero attached hydrogens (tertiary/aromatic N) is 1. The Morgan fingerprint density at radius 1 is 1.25 bits per heavy atom. The molecule has 1 aromatic carbocycles. The van der Waals surface area contributed by atoms with Crippen molar-refractivity contribution in [2.24, 2.45) is 0 Å². The number of benzene rings is 1. The molecule has 20 heavy (non-hydrogen) atoms. The van der Waals surface area contributed by atoms with E-state index in [-0.39, 0.29) is 5.78 Å². The summed E-state index contributed by atoms with van der Waals surface area (Å²) in [4.78, 5) is 16.4. The highest BCUT2D eigenvalue weighted by atomic mass is 16.5. The zero-order valence-electron chi connectivity index (χ0n) is 11.9. The van der Waals surface area contributed by atoms with Gasteiger partial charge >= 0.3 is 0 Å². The molecule has 0 amide bonds. The summed E-state index contributed by atoms with van der Waals surface area (Å²) in [7, 11) is 0. The maximum atomic E-state index is 12.3. The molecule has 0 N–H and O–H groups in total. The molecule has 0 fully saturated rings. The van der Waals surface area contributed by atoms with Crippen LogP contribution in [0.15, 0.2) is 42.7 Å². The number of Topliss-reactive ketones (excluding diaryl/α,β-unsaturated/α-hetero) is 1. The van der Waals surface area contributed by atoms with E-state index in [9.17, 15) is 4.79 Å². The lowest BCUT2D eigenvalue weighted by atomic mass is 10.0. The van der Waals surface area contributed by atoms with Gasteiger partial charge in [-0.25, -0.2) is 0 Å². The van der Waals surface area contributed by atoms with Crippen LogP contribution < -0.4 is 4.74 Å². The van der Waals surface area contributed by atoms with Crippen molar-refractivity contribution in [1.29, 1.82) is 0 Å². The summed E-state index contributed by atoms with van der Waals surface area (Å²) in [6, 6.07) is 9.70. The third kappa shape index (κ3) is 3.67. The summed E-state index contributed by atoms with van der Waals surface area (Å²) in [5, 5.41) is 0. The Kier molecular flexibility index (Phi) is 4.88. The van der Waals surface area contributed by atoms with Crippen molar-refractivity contribution >= 4 is 5.78 Å². The number of carbonyl (C=O) groups is 1. The van der Waals surface area contributed by atoms with Crippen molar-refractivity contribution in [3.8, 4) is 5.75 Å². The van der Waals surface area contributed by atoms with Gasteiger partial charge in [0.25, 0.3) is 0 Å². The van der Waals surface area contributed by atoms with E-state index in [4.69, 9.17) is 4.74 Å². The Morgan fingerprint density at radius 2 is 2.05 bits per heavy atom. The molecule has 3 heteroatoms.